The Morgan fingerprint density at radius 2 is 2.17 bits per heavy atom. The third-order valence-electron chi connectivity index (χ3n) is 2.90. The number of imidazole rings is 1. The number of ether oxygens (including phenoxy) is 1. The fourth-order valence-electron chi connectivity index (χ4n) is 2.05. The molecule has 104 valence electrons. The number of rotatable bonds is 8. The summed E-state index contributed by atoms with van der Waals surface area (Å²) < 4.78 is 7.55. The topological polar surface area (TPSA) is 39.1 Å². The van der Waals surface area contributed by atoms with Crippen molar-refractivity contribution in [2.24, 2.45) is 5.92 Å². The average molecular weight is 253 g/mol. The van der Waals surface area contributed by atoms with Crippen molar-refractivity contribution in [2.45, 2.75) is 46.6 Å². The lowest BCUT2D eigenvalue weighted by molar-refractivity contribution is 0.151. The minimum absolute atomic E-state index is 0.371. The van der Waals surface area contributed by atoms with Crippen LogP contribution >= 0.6 is 0 Å². The minimum atomic E-state index is 0.371. The third kappa shape index (κ3) is 4.33. The maximum absolute atomic E-state index is 5.32. The summed E-state index contributed by atoms with van der Waals surface area (Å²) in [5, 5.41) is 3.43. The lowest BCUT2D eigenvalue weighted by Crippen LogP contribution is -2.19. The first-order valence-corrected chi connectivity index (χ1v) is 6.86. The van der Waals surface area contributed by atoms with Gasteiger partial charge in [-0.2, -0.15) is 0 Å². The molecule has 0 aliphatic rings. The van der Waals surface area contributed by atoms with E-state index in [1.165, 1.54) is 0 Å². The van der Waals surface area contributed by atoms with E-state index in [0.29, 0.717) is 12.0 Å². The summed E-state index contributed by atoms with van der Waals surface area (Å²) in [4.78, 5) is 4.56. The molecule has 0 fully saturated rings. The summed E-state index contributed by atoms with van der Waals surface area (Å²) in [7, 11) is 1.76. The molecule has 0 amide bonds. The van der Waals surface area contributed by atoms with Gasteiger partial charge in [-0.1, -0.05) is 27.2 Å². The van der Waals surface area contributed by atoms with Gasteiger partial charge >= 0.3 is 0 Å². The zero-order valence-corrected chi connectivity index (χ0v) is 12.4. The van der Waals surface area contributed by atoms with E-state index >= 15 is 0 Å². The quantitative estimate of drug-likeness (QED) is 0.773. The van der Waals surface area contributed by atoms with E-state index in [1.54, 1.807) is 7.11 Å². The van der Waals surface area contributed by atoms with Gasteiger partial charge in [-0.25, -0.2) is 4.98 Å². The number of anilines is 1. The highest BCUT2D eigenvalue weighted by molar-refractivity contribution is 5.29. The van der Waals surface area contributed by atoms with Crippen LogP contribution < -0.4 is 5.32 Å². The van der Waals surface area contributed by atoms with Crippen LogP contribution in [0.3, 0.4) is 0 Å². The molecule has 1 rings (SSSR count). The fourth-order valence-corrected chi connectivity index (χ4v) is 2.05. The number of aryl methyl sites for hydroxylation is 1. The molecule has 18 heavy (non-hydrogen) atoms. The van der Waals surface area contributed by atoms with Gasteiger partial charge in [0.05, 0.1) is 18.3 Å². The van der Waals surface area contributed by atoms with Crippen LogP contribution in [0.25, 0.3) is 0 Å². The second-order valence-corrected chi connectivity index (χ2v) is 5.29. The highest BCUT2D eigenvalue weighted by Crippen LogP contribution is 2.21. The number of nitrogens with one attached hydrogen (secondary N) is 1. The van der Waals surface area contributed by atoms with Crippen LogP contribution in [0.15, 0.2) is 6.20 Å². The first kappa shape index (κ1) is 15.0. The Morgan fingerprint density at radius 1 is 1.44 bits per heavy atom. The molecule has 1 atom stereocenters. The molecule has 0 radical (unpaired) electrons. The van der Waals surface area contributed by atoms with Crippen molar-refractivity contribution in [3.8, 4) is 0 Å². The summed E-state index contributed by atoms with van der Waals surface area (Å²) in [6.45, 7) is 10.3. The Hall–Kier alpha value is -1.03. The van der Waals surface area contributed by atoms with E-state index in [9.17, 15) is 0 Å². The molecule has 0 bridgehead atoms. The molecule has 0 saturated heterocycles. The van der Waals surface area contributed by atoms with Gasteiger partial charge in [0.1, 0.15) is 0 Å². The number of aromatic nitrogens is 2. The van der Waals surface area contributed by atoms with Gasteiger partial charge in [0, 0.05) is 19.9 Å². The van der Waals surface area contributed by atoms with Crippen molar-refractivity contribution >= 4 is 5.95 Å². The molecule has 0 aliphatic heterocycles. The normalized spacial score (nSPS) is 13.0. The van der Waals surface area contributed by atoms with Gasteiger partial charge in [-0.3, -0.25) is 0 Å². The summed E-state index contributed by atoms with van der Waals surface area (Å²) in [6, 6.07) is 0.371. The number of nitrogens with zero attached hydrogens (tertiary/aromatic N) is 2. The maximum atomic E-state index is 5.32. The van der Waals surface area contributed by atoms with Gasteiger partial charge < -0.3 is 14.6 Å². The molecule has 1 aromatic heterocycles. The second-order valence-electron chi connectivity index (χ2n) is 5.29. The Balaban J connectivity index is 2.83. The summed E-state index contributed by atoms with van der Waals surface area (Å²) in [5.74, 6) is 1.58. The highest BCUT2D eigenvalue weighted by Gasteiger charge is 2.15. The van der Waals surface area contributed by atoms with Gasteiger partial charge in [0.2, 0.25) is 5.95 Å². The number of hydrogen-bond acceptors (Lipinski definition) is 3. The van der Waals surface area contributed by atoms with Crippen LogP contribution in [0.5, 0.6) is 0 Å². The zero-order chi connectivity index (χ0) is 13.5. The summed E-state index contributed by atoms with van der Waals surface area (Å²) in [6.07, 6.45) is 4.37. The smallest absolute Gasteiger partial charge is 0.203 e. The highest BCUT2D eigenvalue weighted by atomic mass is 16.5. The molecule has 0 aliphatic carbocycles. The van der Waals surface area contributed by atoms with Crippen molar-refractivity contribution in [3.63, 3.8) is 0 Å². The zero-order valence-electron chi connectivity index (χ0n) is 12.4. The lowest BCUT2D eigenvalue weighted by atomic mass is 10.2. The first-order chi connectivity index (χ1) is 8.58. The van der Waals surface area contributed by atoms with E-state index < -0.39 is 0 Å². The summed E-state index contributed by atoms with van der Waals surface area (Å²) >= 11 is 0. The van der Waals surface area contributed by atoms with Crippen molar-refractivity contribution in [1.82, 2.24) is 9.55 Å². The van der Waals surface area contributed by atoms with Crippen LogP contribution in [-0.2, 0) is 4.74 Å². The molecule has 0 saturated carbocycles. The minimum Gasteiger partial charge on any atom is -0.383 e. The van der Waals surface area contributed by atoms with E-state index in [2.05, 4.69) is 41.8 Å². The van der Waals surface area contributed by atoms with E-state index in [0.717, 1.165) is 37.6 Å². The van der Waals surface area contributed by atoms with Gasteiger partial charge in [-0.05, 0) is 19.3 Å². The fraction of sp³-hybridized carbons (Fsp3) is 0.786. The largest absolute Gasteiger partial charge is 0.383 e. The molecule has 0 aromatic carbocycles. The molecule has 1 unspecified atom stereocenters. The Bertz CT molecular complexity index is 341. The van der Waals surface area contributed by atoms with Crippen molar-refractivity contribution in [2.75, 3.05) is 25.6 Å². The van der Waals surface area contributed by atoms with Crippen LogP contribution in [0.1, 0.15) is 45.3 Å². The molecular formula is C14H27N3O. The predicted octanol–water partition coefficient (Wildman–Crippen LogP) is 3.25. The van der Waals surface area contributed by atoms with Crippen LogP contribution in [0, 0.1) is 12.8 Å². The predicted molar refractivity (Wildman–Crippen MR) is 76.1 cm³/mol. The molecule has 4 nitrogen and oxygen atoms in total. The standard InChI is InChI=1S/C14H27N3O/c1-6-7-13(10-18-5)17-9-12(4)16-14(17)15-8-11(2)3/h9,11,13H,6-8,10H2,1-5H3,(H,15,16). The lowest BCUT2D eigenvalue weighted by Gasteiger charge is -2.20. The van der Waals surface area contributed by atoms with Gasteiger partial charge in [0.25, 0.3) is 0 Å². The van der Waals surface area contributed by atoms with Crippen molar-refractivity contribution < 1.29 is 4.74 Å². The monoisotopic (exact) mass is 253 g/mol. The molecule has 0 spiro atoms. The second kappa shape index (κ2) is 7.41. The Labute approximate surface area is 111 Å². The molecule has 1 N–H and O–H groups in total. The van der Waals surface area contributed by atoms with Crippen LogP contribution in [0.4, 0.5) is 5.95 Å². The molecular weight excluding hydrogens is 226 g/mol. The molecule has 1 aromatic rings. The third-order valence-corrected chi connectivity index (χ3v) is 2.90. The Morgan fingerprint density at radius 3 is 2.72 bits per heavy atom. The number of methoxy groups -OCH3 is 1. The van der Waals surface area contributed by atoms with E-state index in [1.807, 2.05) is 6.92 Å². The van der Waals surface area contributed by atoms with Crippen LogP contribution in [-0.4, -0.2) is 29.8 Å². The van der Waals surface area contributed by atoms with Gasteiger partial charge in [-0.15, -0.1) is 0 Å². The average Bonchev–Trinajstić information content (AvgIpc) is 2.67. The first-order valence-electron chi connectivity index (χ1n) is 6.86. The SMILES string of the molecule is CCCC(COC)n1cc(C)nc1NCC(C)C. The molecule has 1 heterocycles. The maximum Gasteiger partial charge on any atom is 0.203 e. The van der Waals surface area contributed by atoms with Crippen LogP contribution in [0.2, 0.25) is 0 Å². The number of hydrogen-bond donors (Lipinski definition) is 1. The van der Waals surface area contributed by atoms with Crippen molar-refractivity contribution in [1.29, 1.82) is 0 Å². The summed E-state index contributed by atoms with van der Waals surface area (Å²) in [5.41, 5.74) is 1.05. The Kier molecular flexibility index (Phi) is 6.19. The van der Waals surface area contributed by atoms with Gasteiger partial charge in [0.15, 0.2) is 0 Å². The van der Waals surface area contributed by atoms with Crippen molar-refractivity contribution in [3.05, 3.63) is 11.9 Å². The van der Waals surface area contributed by atoms with E-state index in [-0.39, 0.29) is 0 Å². The molecule has 4 heteroatoms. The van der Waals surface area contributed by atoms with E-state index in [4.69, 9.17) is 4.74 Å².